The number of pyridine rings is 1. The fourth-order valence-corrected chi connectivity index (χ4v) is 3.02. The zero-order valence-corrected chi connectivity index (χ0v) is 15.1. The minimum Gasteiger partial charge on any atom is -0.367 e. The first-order chi connectivity index (χ1) is 13.2. The van der Waals surface area contributed by atoms with Gasteiger partial charge in [-0.05, 0) is 19.1 Å². The van der Waals surface area contributed by atoms with Gasteiger partial charge in [-0.2, -0.15) is 0 Å². The number of rotatable bonds is 5. The van der Waals surface area contributed by atoms with Crippen molar-refractivity contribution >= 4 is 39.8 Å². The minimum atomic E-state index is -0.877. The fraction of sp³-hybridized carbons (Fsp3) is 0.111. The molecule has 7 nitrogen and oxygen atoms in total. The average Bonchev–Trinajstić information content (AvgIpc) is 2.61. The van der Waals surface area contributed by atoms with Crippen molar-refractivity contribution in [2.24, 2.45) is 0 Å². The SMILES string of the molecule is CC(=O)c1c(NCc2ccc(F)cc2F)[nH]c2c(Cl)ccc([N+](=O)[O-])c2c1=O. The summed E-state index contributed by atoms with van der Waals surface area (Å²) in [5.74, 6) is -2.28. The van der Waals surface area contributed by atoms with Gasteiger partial charge in [0.05, 0.1) is 15.5 Å². The van der Waals surface area contributed by atoms with Crippen molar-refractivity contribution in [3.8, 4) is 0 Å². The molecule has 0 amide bonds. The molecule has 0 spiro atoms. The Labute approximate surface area is 161 Å². The topological polar surface area (TPSA) is 105 Å². The van der Waals surface area contributed by atoms with E-state index in [1.54, 1.807) is 0 Å². The van der Waals surface area contributed by atoms with Crippen LogP contribution in [0.3, 0.4) is 0 Å². The number of nitro groups is 1. The van der Waals surface area contributed by atoms with Crippen molar-refractivity contribution in [2.45, 2.75) is 13.5 Å². The van der Waals surface area contributed by atoms with E-state index in [4.69, 9.17) is 11.6 Å². The number of nitrogens with zero attached hydrogens (tertiary/aromatic N) is 1. The number of Topliss-reactive ketones (excluding diaryl/α,β-unsaturated/α-hetero) is 1. The van der Waals surface area contributed by atoms with Crippen LogP contribution in [0.2, 0.25) is 5.02 Å². The van der Waals surface area contributed by atoms with Gasteiger partial charge >= 0.3 is 0 Å². The first-order valence-corrected chi connectivity index (χ1v) is 8.30. The Morgan fingerprint density at radius 1 is 1.29 bits per heavy atom. The molecule has 3 rings (SSSR count). The van der Waals surface area contributed by atoms with E-state index in [1.165, 1.54) is 12.1 Å². The summed E-state index contributed by atoms with van der Waals surface area (Å²) in [6, 6.07) is 5.29. The number of carbonyl (C=O) groups excluding carboxylic acids is 1. The molecule has 3 aromatic rings. The summed E-state index contributed by atoms with van der Waals surface area (Å²) >= 11 is 6.06. The predicted octanol–water partition coefficient (Wildman–Crippen LogP) is 4.18. The molecule has 0 aliphatic carbocycles. The van der Waals surface area contributed by atoms with Crippen molar-refractivity contribution in [1.29, 1.82) is 0 Å². The molecule has 0 unspecified atom stereocenters. The van der Waals surface area contributed by atoms with Gasteiger partial charge in [0.1, 0.15) is 28.4 Å². The number of nitro benzene ring substituents is 1. The van der Waals surface area contributed by atoms with Crippen molar-refractivity contribution in [3.05, 3.63) is 78.5 Å². The van der Waals surface area contributed by atoms with Gasteiger partial charge in [-0.1, -0.05) is 17.7 Å². The molecule has 28 heavy (non-hydrogen) atoms. The summed E-state index contributed by atoms with van der Waals surface area (Å²) in [6.07, 6.45) is 0. The highest BCUT2D eigenvalue weighted by molar-refractivity contribution is 6.35. The lowest BCUT2D eigenvalue weighted by Gasteiger charge is -2.13. The molecule has 1 heterocycles. The number of fused-ring (bicyclic) bond motifs is 1. The fourth-order valence-electron chi connectivity index (χ4n) is 2.81. The number of anilines is 1. The molecule has 1 aromatic heterocycles. The Morgan fingerprint density at radius 3 is 2.61 bits per heavy atom. The van der Waals surface area contributed by atoms with Crippen LogP contribution in [-0.4, -0.2) is 15.7 Å². The second-order valence-corrected chi connectivity index (χ2v) is 6.33. The van der Waals surface area contributed by atoms with Gasteiger partial charge in [-0.25, -0.2) is 8.78 Å². The quantitative estimate of drug-likeness (QED) is 0.375. The highest BCUT2D eigenvalue weighted by Crippen LogP contribution is 2.30. The normalized spacial score (nSPS) is 10.9. The van der Waals surface area contributed by atoms with Crippen LogP contribution in [0.5, 0.6) is 0 Å². The number of hydrogen-bond acceptors (Lipinski definition) is 5. The van der Waals surface area contributed by atoms with E-state index in [0.717, 1.165) is 19.1 Å². The van der Waals surface area contributed by atoms with Crippen molar-refractivity contribution < 1.29 is 18.5 Å². The smallest absolute Gasteiger partial charge is 0.282 e. The molecule has 0 atom stereocenters. The van der Waals surface area contributed by atoms with Crippen LogP contribution in [0.4, 0.5) is 20.3 Å². The summed E-state index contributed by atoms with van der Waals surface area (Å²) in [7, 11) is 0. The summed E-state index contributed by atoms with van der Waals surface area (Å²) in [6.45, 7) is 0.941. The lowest BCUT2D eigenvalue weighted by Crippen LogP contribution is -2.20. The molecule has 10 heteroatoms. The molecule has 0 bridgehead atoms. The molecule has 2 N–H and O–H groups in total. The molecular formula is C18H12ClF2N3O4. The zero-order valence-electron chi connectivity index (χ0n) is 14.3. The Morgan fingerprint density at radius 2 is 2.00 bits per heavy atom. The number of nitrogens with one attached hydrogen (secondary N) is 2. The number of benzene rings is 2. The van der Waals surface area contributed by atoms with Crippen LogP contribution in [0.1, 0.15) is 22.8 Å². The van der Waals surface area contributed by atoms with Gasteiger partial charge in [0.15, 0.2) is 5.78 Å². The maximum Gasteiger partial charge on any atom is 0.282 e. The van der Waals surface area contributed by atoms with Crippen molar-refractivity contribution in [1.82, 2.24) is 4.98 Å². The number of H-pyrrole nitrogens is 1. The van der Waals surface area contributed by atoms with Crippen LogP contribution in [0.25, 0.3) is 10.9 Å². The number of non-ortho nitro benzene ring substituents is 1. The Hall–Kier alpha value is -3.33. The van der Waals surface area contributed by atoms with E-state index < -0.39 is 33.5 Å². The number of carbonyl (C=O) groups is 1. The van der Waals surface area contributed by atoms with E-state index in [1.807, 2.05) is 0 Å². The third-order valence-corrected chi connectivity index (χ3v) is 4.42. The van der Waals surface area contributed by atoms with Gasteiger partial charge in [0, 0.05) is 24.2 Å². The van der Waals surface area contributed by atoms with Crippen molar-refractivity contribution in [2.75, 3.05) is 5.32 Å². The molecule has 0 fully saturated rings. The first-order valence-electron chi connectivity index (χ1n) is 7.92. The predicted molar refractivity (Wildman–Crippen MR) is 99.9 cm³/mol. The van der Waals surface area contributed by atoms with Crippen LogP contribution in [0.15, 0.2) is 35.1 Å². The lowest BCUT2D eigenvalue weighted by atomic mass is 10.1. The molecule has 144 valence electrons. The van der Waals surface area contributed by atoms with Gasteiger partial charge in [0.2, 0.25) is 5.43 Å². The molecule has 2 aromatic carbocycles. The van der Waals surface area contributed by atoms with Crippen LogP contribution < -0.4 is 10.7 Å². The number of hydrogen-bond donors (Lipinski definition) is 2. The zero-order chi connectivity index (χ0) is 20.6. The van der Waals surface area contributed by atoms with Gasteiger partial charge in [-0.3, -0.25) is 19.7 Å². The molecule has 0 radical (unpaired) electrons. The maximum absolute atomic E-state index is 13.8. The monoisotopic (exact) mass is 407 g/mol. The van der Waals surface area contributed by atoms with E-state index in [-0.39, 0.29) is 39.4 Å². The Bertz CT molecular complexity index is 1190. The third kappa shape index (κ3) is 3.44. The van der Waals surface area contributed by atoms with Gasteiger partial charge in [-0.15, -0.1) is 0 Å². The molecule has 0 aliphatic rings. The van der Waals surface area contributed by atoms with Crippen LogP contribution in [-0.2, 0) is 6.54 Å². The summed E-state index contributed by atoms with van der Waals surface area (Å²) in [4.78, 5) is 38.1. The second kappa shape index (κ2) is 7.35. The average molecular weight is 408 g/mol. The van der Waals surface area contributed by atoms with Crippen LogP contribution in [0, 0.1) is 21.7 Å². The van der Waals surface area contributed by atoms with Crippen molar-refractivity contribution in [3.63, 3.8) is 0 Å². The van der Waals surface area contributed by atoms with Gasteiger partial charge < -0.3 is 10.3 Å². The molecular weight excluding hydrogens is 396 g/mol. The van der Waals surface area contributed by atoms with E-state index >= 15 is 0 Å². The molecule has 0 saturated carbocycles. The number of halogens is 3. The molecule has 0 aliphatic heterocycles. The largest absolute Gasteiger partial charge is 0.367 e. The van der Waals surface area contributed by atoms with E-state index in [0.29, 0.717) is 6.07 Å². The summed E-state index contributed by atoms with van der Waals surface area (Å²) in [5.41, 5.74) is -1.69. The number of ketones is 1. The molecule has 0 saturated heterocycles. The van der Waals surface area contributed by atoms with E-state index in [9.17, 15) is 28.5 Å². The van der Waals surface area contributed by atoms with Crippen LogP contribution >= 0.6 is 11.6 Å². The van der Waals surface area contributed by atoms with Gasteiger partial charge in [0.25, 0.3) is 5.69 Å². The summed E-state index contributed by atoms with van der Waals surface area (Å²) < 4.78 is 26.9. The maximum atomic E-state index is 13.8. The highest BCUT2D eigenvalue weighted by atomic mass is 35.5. The number of aromatic nitrogens is 1. The Kier molecular flexibility index (Phi) is 5.10. The highest BCUT2D eigenvalue weighted by Gasteiger charge is 2.24. The standard InChI is InChI=1S/C18H12ClF2N3O4/c1-8(25)14-17(26)15-13(24(27)28)5-4-11(19)16(15)23-18(14)22-7-9-2-3-10(20)6-12(9)21/h2-6H,7H2,1H3,(H2,22,23,26). The summed E-state index contributed by atoms with van der Waals surface area (Å²) in [5, 5.41) is 13.7. The number of aromatic amines is 1. The Balaban J connectivity index is 2.18. The second-order valence-electron chi connectivity index (χ2n) is 5.92. The first kappa shape index (κ1) is 19.4. The lowest BCUT2D eigenvalue weighted by molar-refractivity contribution is -0.383. The third-order valence-electron chi connectivity index (χ3n) is 4.11. The minimum absolute atomic E-state index is 0.0313. The van der Waals surface area contributed by atoms with E-state index in [2.05, 4.69) is 10.3 Å².